The second-order valence-electron chi connectivity index (χ2n) is 9.68. The topological polar surface area (TPSA) is 18.1 Å². The number of nitrogens with zero attached hydrogens (tertiary/aromatic N) is 1. The van der Waals surface area contributed by atoms with Crippen LogP contribution in [-0.4, -0.2) is 4.57 Å². The first-order chi connectivity index (χ1) is 17.0. The fourth-order valence-corrected chi connectivity index (χ4v) is 7.87. The molecular weight excluding hydrogens is 466 g/mol. The van der Waals surface area contributed by atoms with E-state index in [1.54, 1.807) is 0 Å². The third-order valence-electron chi connectivity index (χ3n) is 7.18. The number of fused-ring (bicyclic) bond motifs is 10. The van der Waals surface area contributed by atoms with Gasteiger partial charge in [0.1, 0.15) is 5.58 Å². The number of benzene rings is 4. The van der Waals surface area contributed by atoms with Crippen LogP contribution in [0.4, 0.5) is 0 Å². The molecule has 0 aliphatic heterocycles. The number of furan rings is 1. The molecule has 2 nitrogen and oxygen atoms in total. The Morgan fingerprint density at radius 3 is 2.09 bits per heavy atom. The first-order valence-corrected chi connectivity index (χ1v) is 13.5. The van der Waals surface area contributed by atoms with Crippen molar-refractivity contribution in [3.05, 3.63) is 89.5 Å². The lowest BCUT2D eigenvalue weighted by Gasteiger charge is -2.09. The quantitative estimate of drug-likeness (QED) is 0.225. The molecule has 0 saturated carbocycles. The van der Waals surface area contributed by atoms with Crippen LogP contribution >= 0.6 is 22.7 Å². The molecule has 0 aliphatic rings. The highest BCUT2D eigenvalue weighted by Crippen LogP contribution is 2.47. The fraction of sp³-hybridized carbons (Fsp3) is 0.0968. The van der Waals surface area contributed by atoms with Gasteiger partial charge in [-0.1, -0.05) is 35.9 Å². The number of hydrogen-bond acceptors (Lipinski definition) is 3. The average molecular weight is 488 g/mol. The lowest BCUT2D eigenvalue weighted by Crippen LogP contribution is -1.94. The molecule has 0 saturated heterocycles. The van der Waals surface area contributed by atoms with E-state index >= 15 is 0 Å². The smallest absolute Gasteiger partial charge is 0.154 e. The Balaban J connectivity index is 1.52. The molecule has 4 heterocycles. The SMILES string of the molecule is Cc1ccc(-n2c3cc(C)ccc3c3sc4cc5c(cc4c32)sc2c3ccc(C)cc3oc52)cc1. The molecule has 0 N–H and O–H groups in total. The fourth-order valence-electron chi connectivity index (χ4n) is 5.45. The van der Waals surface area contributed by atoms with Crippen molar-refractivity contribution in [2.24, 2.45) is 0 Å². The van der Waals surface area contributed by atoms with E-state index in [1.807, 2.05) is 22.7 Å². The third-order valence-corrected chi connectivity index (χ3v) is 9.52. The molecule has 0 fully saturated rings. The van der Waals surface area contributed by atoms with Crippen molar-refractivity contribution in [3.63, 3.8) is 0 Å². The van der Waals surface area contributed by atoms with E-state index in [9.17, 15) is 0 Å². The second kappa shape index (κ2) is 6.75. The van der Waals surface area contributed by atoms with E-state index in [1.165, 1.54) is 73.8 Å². The highest BCUT2D eigenvalue weighted by atomic mass is 32.1. The van der Waals surface area contributed by atoms with Crippen molar-refractivity contribution < 1.29 is 4.42 Å². The van der Waals surface area contributed by atoms with Crippen molar-refractivity contribution >= 4 is 85.2 Å². The number of hydrogen-bond donors (Lipinski definition) is 0. The maximum Gasteiger partial charge on any atom is 0.154 e. The Kier molecular flexibility index (Phi) is 3.79. The number of aromatic nitrogens is 1. The zero-order valence-electron chi connectivity index (χ0n) is 19.6. The molecule has 4 heteroatoms. The summed E-state index contributed by atoms with van der Waals surface area (Å²) in [6.07, 6.45) is 0. The van der Waals surface area contributed by atoms with Gasteiger partial charge in [-0.25, -0.2) is 0 Å². The van der Waals surface area contributed by atoms with E-state index in [2.05, 4.69) is 98.1 Å². The van der Waals surface area contributed by atoms with Gasteiger partial charge in [0, 0.05) is 36.6 Å². The maximum absolute atomic E-state index is 6.39. The molecule has 0 spiro atoms. The molecule has 0 bridgehead atoms. The summed E-state index contributed by atoms with van der Waals surface area (Å²) in [5.74, 6) is 0. The third kappa shape index (κ3) is 2.64. The summed E-state index contributed by atoms with van der Waals surface area (Å²) in [5.41, 5.74) is 9.58. The predicted molar refractivity (Wildman–Crippen MR) is 153 cm³/mol. The summed E-state index contributed by atoms with van der Waals surface area (Å²) in [6.45, 7) is 6.43. The van der Waals surface area contributed by atoms with Gasteiger partial charge in [0.2, 0.25) is 0 Å². The van der Waals surface area contributed by atoms with Crippen LogP contribution in [0.1, 0.15) is 16.7 Å². The van der Waals surface area contributed by atoms with Gasteiger partial charge in [0.05, 0.1) is 20.4 Å². The highest BCUT2D eigenvalue weighted by Gasteiger charge is 2.21. The highest BCUT2D eigenvalue weighted by molar-refractivity contribution is 7.28. The Labute approximate surface area is 209 Å². The lowest BCUT2D eigenvalue weighted by molar-refractivity contribution is 0.673. The minimum atomic E-state index is 0.983. The molecule has 8 rings (SSSR count). The molecule has 35 heavy (non-hydrogen) atoms. The van der Waals surface area contributed by atoms with Crippen molar-refractivity contribution in [1.82, 2.24) is 4.57 Å². The normalized spacial score (nSPS) is 12.4. The zero-order valence-corrected chi connectivity index (χ0v) is 21.2. The number of aryl methyl sites for hydroxylation is 3. The Bertz CT molecular complexity index is 2130. The molecule has 0 aliphatic carbocycles. The van der Waals surface area contributed by atoms with Crippen molar-refractivity contribution in [1.29, 1.82) is 0 Å². The molecule has 168 valence electrons. The summed E-state index contributed by atoms with van der Waals surface area (Å²) in [7, 11) is 0. The lowest BCUT2D eigenvalue weighted by atomic mass is 10.1. The minimum Gasteiger partial charge on any atom is -0.454 e. The summed E-state index contributed by atoms with van der Waals surface area (Å²) >= 11 is 3.74. The Morgan fingerprint density at radius 2 is 1.26 bits per heavy atom. The van der Waals surface area contributed by atoms with E-state index in [0.29, 0.717) is 0 Å². The minimum absolute atomic E-state index is 0.983. The van der Waals surface area contributed by atoms with Gasteiger partial charge in [-0.2, -0.15) is 0 Å². The molecule has 0 amide bonds. The standard InChI is InChI=1S/C31H21NOS2/c1-16-4-8-19(9-5-16)32-24-12-17(2)6-10-20(24)30-28(32)22-14-27-23(15-26(22)34-30)29-31(35-27)21-11-7-18(3)13-25(21)33-29/h4-15H,1-3H3. The van der Waals surface area contributed by atoms with Gasteiger partial charge in [0.25, 0.3) is 0 Å². The number of rotatable bonds is 1. The first kappa shape index (κ1) is 19.7. The van der Waals surface area contributed by atoms with Gasteiger partial charge in [-0.05, 0) is 74.4 Å². The van der Waals surface area contributed by atoms with Crippen molar-refractivity contribution in [2.75, 3.05) is 0 Å². The predicted octanol–water partition coefficient (Wildman–Crippen LogP) is 10.0. The summed E-state index contributed by atoms with van der Waals surface area (Å²) in [5, 5.41) is 5.07. The molecular formula is C31H21NOS2. The molecule has 0 radical (unpaired) electrons. The molecule has 0 atom stereocenters. The van der Waals surface area contributed by atoms with Gasteiger partial charge in [0.15, 0.2) is 5.58 Å². The van der Waals surface area contributed by atoms with Gasteiger partial charge >= 0.3 is 0 Å². The Hall–Kier alpha value is -3.60. The van der Waals surface area contributed by atoms with E-state index in [0.717, 1.165) is 11.2 Å². The maximum atomic E-state index is 6.39. The first-order valence-electron chi connectivity index (χ1n) is 11.8. The largest absolute Gasteiger partial charge is 0.454 e. The van der Waals surface area contributed by atoms with E-state index in [4.69, 9.17) is 4.42 Å². The van der Waals surface area contributed by atoms with Crippen LogP contribution < -0.4 is 0 Å². The van der Waals surface area contributed by atoms with Crippen LogP contribution in [0, 0.1) is 20.8 Å². The molecule has 4 aromatic carbocycles. The van der Waals surface area contributed by atoms with Crippen LogP contribution in [0.2, 0.25) is 0 Å². The van der Waals surface area contributed by atoms with Gasteiger partial charge < -0.3 is 8.98 Å². The van der Waals surface area contributed by atoms with Gasteiger partial charge in [-0.3, -0.25) is 0 Å². The number of thiophene rings is 2. The summed E-state index contributed by atoms with van der Waals surface area (Å²) in [6, 6.07) is 27.0. The Morgan fingerprint density at radius 1 is 0.600 bits per heavy atom. The van der Waals surface area contributed by atoms with Crippen LogP contribution in [0.15, 0.2) is 77.2 Å². The van der Waals surface area contributed by atoms with Crippen LogP contribution in [0.3, 0.4) is 0 Å². The van der Waals surface area contributed by atoms with E-state index in [-0.39, 0.29) is 0 Å². The van der Waals surface area contributed by atoms with Crippen molar-refractivity contribution in [3.8, 4) is 5.69 Å². The van der Waals surface area contributed by atoms with Crippen LogP contribution in [-0.2, 0) is 0 Å². The van der Waals surface area contributed by atoms with E-state index < -0.39 is 0 Å². The van der Waals surface area contributed by atoms with Gasteiger partial charge in [-0.15, -0.1) is 22.7 Å². The zero-order chi connectivity index (χ0) is 23.4. The summed E-state index contributed by atoms with van der Waals surface area (Å²) < 4.78 is 14.0. The second-order valence-corrected chi connectivity index (χ2v) is 11.8. The van der Waals surface area contributed by atoms with Crippen molar-refractivity contribution in [2.45, 2.75) is 20.8 Å². The summed E-state index contributed by atoms with van der Waals surface area (Å²) in [4.78, 5) is 0. The average Bonchev–Trinajstić information content (AvgIpc) is 3.55. The molecule has 4 aromatic heterocycles. The van der Waals surface area contributed by atoms with Crippen LogP contribution in [0.25, 0.3) is 68.2 Å². The monoisotopic (exact) mass is 487 g/mol. The van der Waals surface area contributed by atoms with Crippen LogP contribution in [0.5, 0.6) is 0 Å². The molecule has 0 unspecified atom stereocenters. The molecule has 8 aromatic rings.